The average Bonchev–Trinajstić information content (AvgIpc) is 3.39. The van der Waals surface area contributed by atoms with Crippen LogP contribution in [-0.4, -0.2) is 64.5 Å². The number of amides is 1. The molecule has 4 rings (SSSR count). The Hall–Kier alpha value is -2.92. The molecule has 2 aromatic rings. The van der Waals surface area contributed by atoms with Crippen LogP contribution in [0.1, 0.15) is 24.8 Å². The summed E-state index contributed by atoms with van der Waals surface area (Å²) in [6.07, 6.45) is 9.55. The number of ether oxygens (including phenoxy) is 1. The van der Waals surface area contributed by atoms with Gasteiger partial charge in [-0.15, -0.1) is 0 Å². The molecule has 2 atom stereocenters. The lowest BCUT2D eigenvalue weighted by Gasteiger charge is -2.35. The minimum Gasteiger partial charge on any atom is -0.379 e. The number of nitriles is 1. The Bertz CT molecular complexity index is 912. The van der Waals surface area contributed by atoms with Crippen molar-refractivity contribution in [3.8, 4) is 11.8 Å². The first-order valence-corrected chi connectivity index (χ1v) is 10.0. The Labute approximate surface area is 170 Å². The molecule has 152 valence electrons. The van der Waals surface area contributed by atoms with Gasteiger partial charge in [0.25, 0.3) is 0 Å². The van der Waals surface area contributed by atoms with Crippen molar-refractivity contribution >= 4 is 11.6 Å². The molecule has 4 heterocycles. The summed E-state index contributed by atoms with van der Waals surface area (Å²) >= 11 is 0. The van der Waals surface area contributed by atoms with Crippen molar-refractivity contribution in [2.24, 2.45) is 5.92 Å². The summed E-state index contributed by atoms with van der Waals surface area (Å²) in [6, 6.07) is 3.84. The molecule has 0 N–H and O–H groups in total. The summed E-state index contributed by atoms with van der Waals surface area (Å²) in [5.41, 5.74) is 3.12. The van der Waals surface area contributed by atoms with Crippen LogP contribution in [0.3, 0.4) is 0 Å². The lowest BCUT2D eigenvalue weighted by Crippen LogP contribution is -2.44. The molecule has 29 heavy (non-hydrogen) atoms. The third kappa shape index (κ3) is 3.83. The number of hydrogen-bond donors (Lipinski definition) is 0. The molecule has 0 saturated carbocycles. The second kappa shape index (κ2) is 8.21. The third-order valence-corrected chi connectivity index (χ3v) is 5.95. The predicted molar refractivity (Wildman–Crippen MR) is 108 cm³/mol. The van der Waals surface area contributed by atoms with Gasteiger partial charge >= 0.3 is 0 Å². The van der Waals surface area contributed by atoms with Crippen molar-refractivity contribution < 1.29 is 9.53 Å². The van der Waals surface area contributed by atoms with Gasteiger partial charge in [0.15, 0.2) is 0 Å². The third-order valence-electron chi connectivity index (χ3n) is 5.95. The maximum absolute atomic E-state index is 13.0. The van der Waals surface area contributed by atoms with Crippen molar-refractivity contribution in [2.75, 3.05) is 31.6 Å². The monoisotopic (exact) mass is 394 g/mol. The fourth-order valence-corrected chi connectivity index (χ4v) is 4.30. The van der Waals surface area contributed by atoms with Crippen LogP contribution in [0.15, 0.2) is 30.9 Å². The largest absolute Gasteiger partial charge is 0.379 e. The number of carbonyl (C=O) groups is 1. The quantitative estimate of drug-likeness (QED) is 0.788. The van der Waals surface area contributed by atoms with Gasteiger partial charge in [-0.05, 0) is 31.4 Å². The molecule has 0 bridgehead atoms. The first-order chi connectivity index (χ1) is 14.1. The molecule has 2 saturated heterocycles. The number of rotatable bonds is 4. The normalized spacial score (nSPS) is 22.7. The van der Waals surface area contributed by atoms with E-state index in [9.17, 15) is 10.1 Å². The van der Waals surface area contributed by atoms with E-state index in [1.54, 1.807) is 18.2 Å². The van der Waals surface area contributed by atoms with Gasteiger partial charge in [-0.1, -0.05) is 0 Å². The molecule has 0 spiro atoms. The first kappa shape index (κ1) is 19.4. The highest BCUT2D eigenvalue weighted by atomic mass is 16.5. The highest BCUT2D eigenvalue weighted by Gasteiger charge is 2.39. The van der Waals surface area contributed by atoms with Crippen molar-refractivity contribution in [1.82, 2.24) is 19.7 Å². The van der Waals surface area contributed by atoms with Crippen LogP contribution < -0.4 is 4.90 Å². The average molecular weight is 394 g/mol. The zero-order chi connectivity index (χ0) is 20.4. The number of carbonyl (C=O) groups excluding carboxylic acids is 1. The van der Waals surface area contributed by atoms with Gasteiger partial charge in [0, 0.05) is 51.5 Å². The lowest BCUT2D eigenvalue weighted by atomic mass is 9.94. The molecular formula is C21H26N6O2. The fraction of sp³-hybridized carbons (Fsp3) is 0.524. The second-order valence-electron chi connectivity index (χ2n) is 7.82. The van der Waals surface area contributed by atoms with E-state index in [2.05, 4.69) is 21.1 Å². The van der Waals surface area contributed by atoms with Crippen LogP contribution in [-0.2, 0) is 9.53 Å². The molecule has 2 aliphatic heterocycles. The summed E-state index contributed by atoms with van der Waals surface area (Å²) in [7, 11) is 1.64. The highest BCUT2D eigenvalue weighted by molar-refractivity contribution is 5.80. The van der Waals surface area contributed by atoms with Gasteiger partial charge in [-0.2, -0.15) is 10.4 Å². The summed E-state index contributed by atoms with van der Waals surface area (Å²) in [5.74, 6) is 0.0367. The van der Waals surface area contributed by atoms with E-state index in [1.807, 2.05) is 36.3 Å². The number of anilines is 1. The lowest BCUT2D eigenvalue weighted by molar-refractivity contribution is -0.136. The van der Waals surface area contributed by atoms with Crippen molar-refractivity contribution in [3.63, 3.8) is 0 Å². The SMILES string of the molecule is CO[C@@H]1C[C@H](C#N)N(C(=O)C2CCN(c3cnccc3-n3cc(C)cn3)CC2)C1. The van der Waals surface area contributed by atoms with Gasteiger partial charge in [0.05, 0.1) is 35.9 Å². The summed E-state index contributed by atoms with van der Waals surface area (Å²) < 4.78 is 7.25. The molecule has 0 aliphatic carbocycles. The molecule has 0 aromatic carbocycles. The Balaban J connectivity index is 1.44. The number of likely N-dealkylation sites (tertiary alicyclic amines) is 1. The van der Waals surface area contributed by atoms with E-state index in [0.29, 0.717) is 13.0 Å². The zero-order valence-corrected chi connectivity index (χ0v) is 16.9. The van der Waals surface area contributed by atoms with Gasteiger partial charge in [-0.3, -0.25) is 9.78 Å². The van der Waals surface area contributed by atoms with E-state index < -0.39 is 0 Å². The molecule has 0 radical (unpaired) electrons. The van der Waals surface area contributed by atoms with E-state index in [1.165, 1.54) is 0 Å². The van der Waals surface area contributed by atoms with Crippen molar-refractivity contribution in [3.05, 3.63) is 36.4 Å². The molecule has 1 amide bonds. The van der Waals surface area contributed by atoms with Gasteiger partial charge in [0.2, 0.25) is 5.91 Å². The number of hydrogen-bond acceptors (Lipinski definition) is 6. The Morgan fingerprint density at radius 3 is 2.72 bits per heavy atom. The van der Waals surface area contributed by atoms with Crippen LogP contribution in [0, 0.1) is 24.2 Å². The molecular weight excluding hydrogens is 368 g/mol. The number of nitrogens with zero attached hydrogens (tertiary/aromatic N) is 6. The minimum atomic E-state index is -0.376. The fourth-order valence-electron chi connectivity index (χ4n) is 4.30. The predicted octanol–water partition coefficient (Wildman–Crippen LogP) is 1.93. The van der Waals surface area contributed by atoms with Gasteiger partial charge in [-0.25, -0.2) is 4.68 Å². The minimum absolute atomic E-state index is 0.0424. The van der Waals surface area contributed by atoms with Crippen LogP contribution >= 0.6 is 0 Å². The summed E-state index contributed by atoms with van der Waals surface area (Å²) in [6.45, 7) is 4.07. The molecule has 2 fully saturated rings. The van der Waals surface area contributed by atoms with E-state index in [4.69, 9.17) is 4.74 Å². The van der Waals surface area contributed by atoms with E-state index >= 15 is 0 Å². The maximum atomic E-state index is 13.0. The highest BCUT2D eigenvalue weighted by Crippen LogP contribution is 2.30. The Morgan fingerprint density at radius 1 is 1.28 bits per heavy atom. The van der Waals surface area contributed by atoms with Crippen LogP contribution in [0.2, 0.25) is 0 Å². The smallest absolute Gasteiger partial charge is 0.226 e. The Kier molecular flexibility index (Phi) is 5.49. The Morgan fingerprint density at radius 2 is 2.07 bits per heavy atom. The van der Waals surface area contributed by atoms with Crippen LogP contribution in [0.25, 0.3) is 5.69 Å². The molecule has 2 aliphatic rings. The van der Waals surface area contributed by atoms with Crippen molar-refractivity contribution in [2.45, 2.75) is 38.3 Å². The van der Waals surface area contributed by atoms with Crippen LogP contribution in [0.5, 0.6) is 0 Å². The van der Waals surface area contributed by atoms with Gasteiger partial charge in [0.1, 0.15) is 6.04 Å². The molecule has 0 unspecified atom stereocenters. The number of piperidine rings is 1. The first-order valence-electron chi connectivity index (χ1n) is 10.0. The van der Waals surface area contributed by atoms with Gasteiger partial charge < -0.3 is 14.5 Å². The number of pyridine rings is 1. The summed E-state index contributed by atoms with van der Waals surface area (Å²) in [5, 5.41) is 13.8. The number of aromatic nitrogens is 3. The zero-order valence-electron chi connectivity index (χ0n) is 16.9. The van der Waals surface area contributed by atoms with E-state index in [0.717, 1.165) is 42.9 Å². The molecule has 8 heteroatoms. The van der Waals surface area contributed by atoms with Crippen LogP contribution in [0.4, 0.5) is 5.69 Å². The van der Waals surface area contributed by atoms with Crippen molar-refractivity contribution in [1.29, 1.82) is 5.26 Å². The molecule has 8 nitrogen and oxygen atoms in total. The topological polar surface area (TPSA) is 87.3 Å². The maximum Gasteiger partial charge on any atom is 0.226 e. The van der Waals surface area contributed by atoms with E-state index in [-0.39, 0.29) is 24.0 Å². The number of methoxy groups -OCH3 is 1. The summed E-state index contributed by atoms with van der Waals surface area (Å²) in [4.78, 5) is 21.3. The molecule has 2 aromatic heterocycles. The number of aryl methyl sites for hydroxylation is 1. The standard InChI is InChI=1S/C21H26N6O2/c1-15-11-24-27(13-15)19-3-6-23-12-20(19)25-7-4-16(5-8-25)21(28)26-14-18(29-2)9-17(26)10-22/h3,6,11-13,16-18H,4-5,7-9,14H2,1-2H3/t17-,18-/m1/s1. The second-order valence-corrected chi connectivity index (χ2v) is 7.82.